The summed E-state index contributed by atoms with van der Waals surface area (Å²) < 4.78 is 7.59. The van der Waals surface area contributed by atoms with Crippen LogP contribution in [0.25, 0.3) is 0 Å². The van der Waals surface area contributed by atoms with Crippen LogP contribution in [0.15, 0.2) is 0 Å². The third kappa shape index (κ3) is 2.80. The number of hydrogen-bond donors (Lipinski definition) is 1. The molecule has 1 unspecified atom stereocenters. The molecular weight excluding hydrogens is 204 g/mol. The van der Waals surface area contributed by atoms with Gasteiger partial charge in [-0.3, -0.25) is 0 Å². The maximum absolute atomic E-state index is 5.62. The van der Waals surface area contributed by atoms with E-state index in [1.54, 1.807) is 0 Å². The van der Waals surface area contributed by atoms with Gasteiger partial charge in [-0.05, 0) is 38.8 Å². The van der Waals surface area contributed by atoms with E-state index in [1.165, 1.54) is 6.42 Å². The number of nitrogens with one attached hydrogen (secondary N) is 1. The molecule has 1 N–H and O–H groups in total. The first kappa shape index (κ1) is 11.5. The molecule has 0 amide bonds. The van der Waals surface area contributed by atoms with E-state index in [1.807, 2.05) is 18.5 Å². The van der Waals surface area contributed by atoms with Gasteiger partial charge in [0, 0.05) is 13.7 Å². The van der Waals surface area contributed by atoms with Gasteiger partial charge in [0.1, 0.15) is 12.4 Å². The molecule has 5 heteroatoms. The molecule has 1 aromatic rings. The molecule has 0 saturated carbocycles. The van der Waals surface area contributed by atoms with Gasteiger partial charge in [0.05, 0.1) is 0 Å². The molecule has 1 fully saturated rings. The molecule has 2 heterocycles. The van der Waals surface area contributed by atoms with Crippen molar-refractivity contribution in [3.8, 4) is 0 Å². The van der Waals surface area contributed by atoms with Crippen molar-refractivity contribution in [3.05, 3.63) is 11.6 Å². The summed E-state index contributed by atoms with van der Waals surface area (Å²) >= 11 is 0. The number of rotatable bonds is 5. The molecule has 1 saturated heterocycles. The molecular formula is C11H20N4O. The number of aromatic nitrogens is 3. The normalized spacial score (nSPS) is 20.5. The van der Waals surface area contributed by atoms with E-state index in [-0.39, 0.29) is 0 Å². The molecule has 5 nitrogen and oxygen atoms in total. The van der Waals surface area contributed by atoms with Crippen molar-refractivity contribution in [3.63, 3.8) is 0 Å². The van der Waals surface area contributed by atoms with E-state index >= 15 is 0 Å². The predicted molar refractivity (Wildman–Crippen MR) is 61.0 cm³/mol. The second kappa shape index (κ2) is 5.41. The molecule has 90 valence electrons. The Hall–Kier alpha value is -0.940. The number of ether oxygens (including phenoxy) is 1. The molecule has 1 aliphatic rings. The Labute approximate surface area is 96.2 Å². The quantitative estimate of drug-likeness (QED) is 0.746. The summed E-state index contributed by atoms with van der Waals surface area (Å²) in [6.07, 6.45) is 2.43. The highest BCUT2D eigenvalue weighted by Crippen LogP contribution is 2.12. The lowest BCUT2D eigenvalue weighted by atomic mass is 10.1. The molecule has 2 rings (SSSR count). The molecule has 16 heavy (non-hydrogen) atoms. The first-order valence-corrected chi connectivity index (χ1v) is 5.90. The summed E-state index contributed by atoms with van der Waals surface area (Å²) in [6, 6.07) is 0. The third-order valence-electron chi connectivity index (χ3n) is 3.25. The topological polar surface area (TPSA) is 52.0 Å². The Morgan fingerprint density at radius 1 is 1.50 bits per heavy atom. The highest BCUT2D eigenvalue weighted by Gasteiger charge is 2.13. The highest BCUT2D eigenvalue weighted by atomic mass is 16.5. The Balaban J connectivity index is 1.66. The van der Waals surface area contributed by atoms with Crippen molar-refractivity contribution in [1.29, 1.82) is 0 Å². The van der Waals surface area contributed by atoms with Crippen LogP contribution in [0.5, 0.6) is 0 Å². The van der Waals surface area contributed by atoms with Gasteiger partial charge in [0.25, 0.3) is 0 Å². The number of hydrogen-bond acceptors (Lipinski definition) is 4. The van der Waals surface area contributed by atoms with Gasteiger partial charge in [-0.1, -0.05) is 0 Å². The summed E-state index contributed by atoms with van der Waals surface area (Å²) in [4.78, 5) is 0. The van der Waals surface area contributed by atoms with Crippen molar-refractivity contribution >= 4 is 0 Å². The van der Waals surface area contributed by atoms with Crippen LogP contribution in [0.3, 0.4) is 0 Å². The highest BCUT2D eigenvalue weighted by molar-refractivity contribution is 4.90. The lowest BCUT2D eigenvalue weighted by molar-refractivity contribution is 0.102. The fourth-order valence-electron chi connectivity index (χ4n) is 1.95. The van der Waals surface area contributed by atoms with Crippen molar-refractivity contribution in [2.75, 3.05) is 19.7 Å². The lowest BCUT2D eigenvalue weighted by Gasteiger charge is -2.08. The zero-order valence-electron chi connectivity index (χ0n) is 10.1. The zero-order valence-corrected chi connectivity index (χ0v) is 10.1. The van der Waals surface area contributed by atoms with Crippen molar-refractivity contribution in [1.82, 2.24) is 20.1 Å². The predicted octanol–water partition coefficient (Wildman–Crippen LogP) is 0.640. The van der Waals surface area contributed by atoms with Gasteiger partial charge in [-0.2, -0.15) is 0 Å². The zero-order chi connectivity index (χ0) is 11.4. The number of aryl methyl sites for hydroxylation is 1. The van der Waals surface area contributed by atoms with E-state index in [4.69, 9.17) is 4.74 Å². The van der Waals surface area contributed by atoms with Gasteiger partial charge in [-0.25, -0.2) is 0 Å². The standard InChI is InChI=1S/C11H20N4O/c1-9-13-14-11(15(9)2)8-16-6-4-10-3-5-12-7-10/h10,12H,3-8H2,1-2H3. The van der Waals surface area contributed by atoms with Gasteiger partial charge in [0.15, 0.2) is 5.82 Å². The average molecular weight is 224 g/mol. The summed E-state index contributed by atoms with van der Waals surface area (Å²) in [5, 5.41) is 11.4. The Kier molecular flexibility index (Phi) is 3.90. The minimum absolute atomic E-state index is 0.567. The Morgan fingerprint density at radius 2 is 2.38 bits per heavy atom. The minimum Gasteiger partial charge on any atom is -0.373 e. The number of nitrogens with zero attached hydrogens (tertiary/aromatic N) is 3. The van der Waals surface area contributed by atoms with Crippen molar-refractivity contribution < 1.29 is 4.74 Å². The third-order valence-corrected chi connectivity index (χ3v) is 3.25. The van der Waals surface area contributed by atoms with Crippen LogP contribution >= 0.6 is 0 Å². The van der Waals surface area contributed by atoms with Gasteiger partial charge in [-0.15, -0.1) is 10.2 Å². The summed E-state index contributed by atoms with van der Waals surface area (Å²) in [5.41, 5.74) is 0. The lowest BCUT2D eigenvalue weighted by Crippen LogP contribution is -2.11. The molecule has 1 aromatic heterocycles. The fraction of sp³-hybridized carbons (Fsp3) is 0.818. The van der Waals surface area contributed by atoms with E-state index in [0.29, 0.717) is 6.61 Å². The first-order valence-electron chi connectivity index (χ1n) is 5.90. The molecule has 1 atom stereocenters. The molecule has 0 bridgehead atoms. The van der Waals surface area contributed by atoms with E-state index in [0.717, 1.165) is 43.7 Å². The molecule has 1 aliphatic heterocycles. The largest absolute Gasteiger partial charge is 0.373 e. The minimum atomic E-state index is 0.567. The molecule has 0 aliphatic carbocycles. The van der Waals surface area contributed by atoms with Crippen LogP contribution in [0.4, 0.5) is 0 Å². The first-order chi connectivity index (χ1) is 7.77. The SMILES string of the molecule is Cc1nnc(COCCC2CCNC2)n1C. The molecule has 0 radical (unpaired) electrons. The van der Waals surface area contributed by atoms with Crippen LogP contribution in [0.1, 0.15) is 24.5 Å². The maximum Gasteiger partial charge on any atom is 0.158 e. The second-order valence-corrected chi connectivity index (χ2v) is 4.42. The summed E-state index contributed by atoms with van der Waals surface area (Å²) in [5.74, 6) is 2.63. The fourth-order valence-corrected chi connectivity index (χ4v) is 1.95. The monoisotopic (exact) mass is 224 g/mol. The van der Waals surface area contributed by atoms with Gasteiger partial charge >= 0.3 is 0 Å². The van der Waals surface area contributed by atoms with Gasteiger partial charge < -0.3 is 14.6 Å². The van der Waals surface area contributed by atoms with Crippen LogP contribution in [-0.2, 0) is 18.4 Å². The van der Waals surface area contributed by atoms with Gasteiger partial charge in [0.2, 0.25) is 0 Å². The van der Waals surface area contributed by atoms with E-state index in [9.17, 15) is 0 Å². The smallest absolute Gasteiger partial charge is 0.158 e. The maximum atomic E-state index is 5.62. The van der Waals surface area contributed by atoms with Crippen LogP contribution in [0.2, 0.25) is 0 Å². The van der Waals surface area contributed by atoms with E-state index in [2.05, 4.69) is 15.5 Å². The van der Waals surface area contributed by atoms with Crippen LogP contribution in [0, 0.1) is 12.8 Å². The summed E-state index contributed by atoms with van der Waals surface area (Å²) in [6.45, 7) is 5.63. The molecule has 0 spiro atoms. The van der Waals surface area contributed by atoms with Crippen molar-refractivity contribution in [2.24, 2.45) is 13.0 Å². The van der Waals surface area contributed by atoms with Crippen LogP contribution in [-0.4, -0.2) is 34.5 Å². The summed E-state index contributed by atoms with van der Waals surface area (Å²) in [7, 11) is 1.97. The van der Waals surface area contributed by atoms with E-state index < -0.39 is 0 Å². The Bertz CT molecular complexity index is 331. The van der Waals surface area contributed by atoms with Crippen LogP contribution < -0.4 is 5.32 Å². The second-order valence-electron chi connectivity index (χ2n) is 4.42. The molecule has 0 aromatic carbocycles. The Morgan fingerprint density at radius 3 is 3.00 bits per heavy atom. The average Bonchev–Trinajstić information content (AvgIpc) is 2.88. The van der Waals surface area contributed by atoms with Crippen molar-refractivity contribution in [2.45, 2.75) is 26.4 Å².